The summed E-state index contributed by atoms with van der Waals surface area (Å²) in [6.45, 7) is -0.571. The van der Waals surface area contributed by atoms with Crippen molar-refractivity contribution in [3.63, 3.8) is 0 Å². The van der Waals surface area contributed by atoms with Crippen molar-refractivity contribution in [3.8, 4) is 23.3 Å². The summed E-state index contributed by atoms with van der Waals surface area (Å²) in [5.74, 6) is -1.68. The van der Waals surface area contributed by atoms with Crippen molar-refractivity contribution in [1.29, 1.82) is 5.26 Å². The van der Waals surface area contributed by atoms with Gasteiger partial charge in [0.05, 0.1) is 23.5 Å². The maximum absolute atomic E-state index is 12.3. The van der Waals surface area contributed by atoms with Gasteiger partial charge in [-0.05, 0) is 29.8 Å². The van der Waals surface area contributed by atoms with Gasteiger partial charge in [0.1, 0.15) is 23.1 Å². The molecule has 0 fully saturated rings. The van der Waals surface area contributed by atoms with Crippen LogP contribution in [0.25, 0.3) is 0 Å². The molecule has 0 aromatic heterocycles. The summed E-state index contributed by atoms with van der Waals surface area (Å²) in [5, 5.41) is 20.8. The van der Waals surface area contributed by atoms with E-state index < -0.39 is 29.4 Å². The minimum absolute atomic E-state index is 0.0683. The standard InChI is InChI=1S/C26H19N3O8/c1-34-26(31)16-8-6-15(7-9-16)24-18-11-10-17(12-22(18)37-25(28)19(24)13-27)36-23(30)14-35-21-5-3-2-4-20(21)29(32)33/h2-12,24H,14,28H2,1H3. The minimum atomic E-state index is -0.801. The topological polar surface area (TPSA) is 164 Å². The zero-order valence-corrected chi connectivity index (χ0v) is 19.4. The Morgan fingerprint density at radius 1 is 1.14 bits per heavy atom. The van der Waals surface area contributed by atoms with E-state index in [-0.39, 0.29) is 34.4 Å². The lowest BCUT2D eigenvalue weighted by Crippen LogP contribution is -2.22. The lowest BCUT2D eigenvalue weighted by atomic mass is 9.83. The number of esters is 2. The predicted molar refractivity (Wildman–Crippen MR) is 128 cm³/mol. The van der Waals surface area contributed by atoms with E-state index in [1.54, 1.807) is 36.4 Å². The van der Waals surface area contributed by atoms with E-state index in [2.05, 4.69) is 6.07 Å². The van der Waals surface area contributed by atoms with Crippen LogP contribution in [0, 0.1) is 21.4 Å². The molecule has 0 saturated heterocycles. The fourth-order valence-electron chi connectivity index (χ4n) is 3.80. The van der Waals surface area contributed by atoms with Gasteiger partial charge in [-0.3, -0.25) is 10.1 Å². The number of hydrogen-bond donors (Lipinski definition) is 1. The Labute approximate surface area is 210 Å². The van der Waals surface area contributed by atoms with Crippen molar-refractivity contribution >= 4 is 17.6 Å². The van der Waals surface area contributed by atoms with E-state index in [1.165, 1.54) is 37.4 Å². The van der Waals surface area contributed by atoms with Crippen LogP contribution < -0.4 is 19.9 Å². The predicted octanol–water partition coefficient (Wildman–Crippen LogP) is 3.58. The monoisotopic (exact) mass is 501 g/mol. The third kappa shape index (κ3) is 5.18. The number of fused-ring (bicyclic) bond motifs is 1. The van der Waals surface area contributed by atoms with E-state index in [1.807, 2.05) is 0 Å². The van der Waals surface area contributed by atoms with Crippen LogP contribution in [0.4, 0.5) is 5.69 Å². The Kier molecular flexibility index (Phi) is 7.02. The molecular weight excluding hydrogens is 482 g/mol. The molecule has 11 heteroatoms. The van der Waals surface area contributed by atoms with Gasteiger partial charge in [-0.25, -0.2) is 9.59 Å². The van der Waals surface area contributed by atoms with Gasteiger partial charge in [0.25, 0.3) is 0 Å². The van der Waals surface area contributed by atoms with Gasteiger partial charge in [0.2, 0.25) is 5.88 Å². The van der Waals surface area contributed by atoms with Crippen molar-refractivity contribution in [2.75, 3.05) is 13.7 Å². The summed E-state index contributed by atoms with van der Waals surface area (Å²) >= 11 is 0. The van der Waals surface area contributed by atoms with E-state index in [0.29, 0.717) is 16.7 Å². The quantitative estimate of drug-likeness (QED) is 0.219. The molecule has 0 saturated carbocycles. The molecule has 1 atom stereocenters. The van der Waals surface area contributed by atoms with Crippen LogP contribution in [0.2, 0.25) is 0 Å². The normalized spacial score (nSPS) is 14.0. The molecule has 37 heavy (non-hydrogen) atoms. The molecule has 4 rings (SSSR count). The summed E-state index contributed by atoms with van der Waals surface area (Å²) in [6, 6.07) is 18.8. The number of methoxy groups -OCH3 is 1. The fourth-order valence-corrected chi connectivity index (χ4v) is 3.80. The molecule has 0 bridgehead atoms. The highest BCUT2D eigenvalue weighted by Crippen LogP contribution is 2.43. The SMILES string of the molecule is COC(=O)c1ccc(C2C(C#N)=C(N)Oc3cc(OC(=O)COc4ccccc4[N+](=O)[O-])ccc32)cc1. The Morgan fingerprint density at radius 2 is 1.86 bits per heavy atom. The molecular formula is C26H19N3O8. The van der Waals surface area contributed by atoms with Gasteiger partial charge in [0, 0.05) is 17.7 Å². The molecule has 2 N–H and O–H groups in total. The molecule has 1 heterocycles. The average Bonchev–Trinajstić information content (AvgIpc) is 2.90. The summed E-state index contributed by atoms with van der Waals surface area (Å²) < 4.78 is 20.9. The number of carbonyl (C=O) groups is 2. The number of para-hydroxylation sites is 2. The van der Waals surface area contributed by atoms with Crippen molar-refractivity contribution in [1.82, 2.24) is 0 Å². The third-order valence-corrected chi connectivity index (χ3v) is 5.49. The maximum Gasteiger partial charge on any atom is 0.349 e. The second-order valence-electron chi connectivity index (χ2n) is 7.73. The molecule has 11 nitrogen and oxygen atoms in total. The minimum Gasteiger partial charge on any atom is -0.475 e. The van der Waals surface area contributed by atoms with Crippen LogP contribution in [-0.4, -0.2) is 30.6 Å². The second kappa shape index (κ2) is 10.5. The zero-order chi connectivity index (χ0) is 26.5. The molecule has 0 aliphatic carbocycles. The highest BCUT2D eigenvalue weighted by molar-refractivity contribution is 5.89. The van der Waals surface area contributed by atoms with E-state index in [9.17, 15) is 25.0 Å². The number of nitrogens with two attached hydrogens (primary N) is 1. The number of rotatable bonds is 7. The number of carbonyl (C=O) groups excluding carboxylic acids is 2. The molecule has 3 aromatic rings. The van der Waals surface area contributed by atoms with Crippen LogP contribution in [0.3, 0.4) is 0 Å². The molecule has 0 spiro atoms. The van der Waals surface area contributed by atoms with Crippen molar-refractivity contribution < 1.29 is 33.5 Å². The van der Waals surface area contributed by atoms with Crippen LogP contribution in [0.5, 0.6) is 17.2 Å². The summed E-state index contributed by atoms with van der Waals surface area (Å²) in [7, 11) is 1.28. The average molecular weight is 501 g/mol. The first-order valence-corrected chi connectivity index (χ1v) is 10.8. The fraction of sp³-hybridized carbons (Fsp3) is 0.115. The van der Waals surface area contributed by atoms with Crippen molar-refractivity contribution in [3.05, 3.63) is 105 Å². The molecule has 0 radical (unpaired) electrons. The van der Waals surface area contributed by atoms with Gasteiger partial charge in [-0.2, -0.15) is 5.26 Å². The number of benzene rings is 3. The summed E-state index contributed by atoms with van der Waals surface area (Å²) in [6.07, 6.45) is 0. The lowest BCUT2D eigenvalue weighted by Gasteiger charge is -2.26. The lowest BCUT2D eigenvalue weighted by molar-refractivity contribution is -0.385. The molecule has 1 aliphatic rings. The molecule has 186 valence electrons. The van der Waals surface area contributed by atoms with Gasteiger partial charge < -0.3 is 24.7 Å². The van der Waals surface area contributed by atoms with Gasteiger partial charge in [0.15, 0.2) is 12.4 Å². The highest BCUT2D eigenvalue weighted by atomic mass is 16.6. The molecule has 1 unspecified atom stereocenters. The first kappa shape index (κ1) is 24.7. The van der Waals surface area contributed by atoms with Gasteiger partial charge in [-0.15, -0.1) is 0 Å². The smallest absolute Gasteiger partial charge is 0.349 e. The first-order valence-electron chi connectivity index (χ1n) is 10.8. The number of allylic oxidation sites excluding steroid dienone is 1. The van der Waals surface area contributed by atoms with Crippen LogP contribution in [0.1, 0.15) is 27.4 Å². The number of nitrogens with zero attached hydrogens (tertiary/aromatic N) is 2. The first-order chi connectivity index (χ1) is 17.8. The maximum atomic E-state index is 12.3. The molecule has 1 aliphatic heterocycles. The zero-order valence-electron chi connectivity index (χ0n) is 19.4. The Hall–Kier alpha value is -5.37. The third-order valence-electron chi connectivity index (χ3n) is 5.49. The van der Waals surface area contributed by atoms with Crippen LogP contribution >= 0.6 is 0 Å². The van der Waals surface area contributed by atoms with Crippen molar-refractivity contribution in [2.24, 2.45) is 5.73 Å². The van der Waals surface area contributed by atoms with Gasteiger partial charge >= 0.3 is 17.6 Å². The number of nitro groups is 1. The summed E-state index contributed by atoms with van der Waals surface area (Å²) in [4.78, 5) is 34.6. The Morgan fingerprint density at radius 3 is 2.54 bits per heavy atom. The van der Waals surface area contributed by atoms with E-state index in [4.69, 9.17) is 24.7 Å². The van der Waals surface area contributed by atoms with Crippen molar-refractivity contribution in [2.45, 2.75) is 5.92 Å². The van der Waals surface area contributed by atoms with E-state index in [0.717, 1.165) is 0 Å². The summed E-state index contributed by atoms with van der Waals surface area (Å²) in [5.41, 5.74) is 7.53. The highest BCUT2D eigenvalue weighted by Gasteiger charge is 2.31. The van der Waals surface area contributed by atoms with E-state index >= 15 is 0 Å². The Balaban J connectivity index is 1.54. The van der Waals surface area contributed by atoms with Crippen LogP contribution in [0.15, 0.2) is 78.2 Å². The van der Waals surface area contributed by atoms with Gasteiger partial charge in [-0.1, -0.05) is 30.3 Å². The number of nitro benzene ring substituents is 1. The largest absolute Gasteiger partial charge is 0.475 e. The number of nitriles is 1. The second-order valence-corrected chi connectivity index (χ2v) is 7.73. The molecule has 0 amide bonds. The Bertz CT molecular complexity index is 1460. The van der Waals surface area contributed by atoms with Crippen LogP contribution in [-0.2, 0) is 9.53 Å². The molecule has 3 aromatic carbocycles. The number of hydrogen-bond acceptors (Lipinski definition) is 10. The number of ether oxygens (including phenoxy) is 4.